The summed E-state index contributed by atoms with van der Waals surface area (Å²) >= 11 is 1.24. The first-order valence-corrected chi connectivity index (χ1v) is 9.83. The predicted molar refractivity (Wildman–Crippen MR) is 112 cm³/mol. The van der Waals surface area contributed by atoms with Gasteiger partial charge in [-0.2, -0.15) is 0 Å². The first-order chi connectivity index (χ1) is 13.6. The monoisotopic (exact) mass is 389 g/mol. The molecule has 1 aromatic heterocycles. The molecule has 1 heterocycles. The Balaban J connectivity index is 1.43. The molecule has 0 aliphatic heterocycles. The van der Waals surface area contributed by atoms with Crippen LogP contribution in [0.1, 0.15) is 12.5 Å². The highest BCUT2D eigenvalue weighted by molar-refractivity contribution is 8.00. The van der Waals surface area contributed by atoms with Crippen LogP contribution in [0.5, 0.6) is 0 Å². The second kappa shape index (κ2) is 7.86. The summed E-state index contributed by atoms with van der Waals surface area (Å²) in [6, 6.07) is 21.8. The molecular weight excluding hydrogens is 370 g/mol. The van der Waals surface area contributed by atoms with Gasteiger partial charge in [0.1, 0.15) is 0 Å². The first kappa shape index (κ1) is 18.3. The van der Waals surface area contributed by atoms with Crippen molar-refractivity contribution in [1.29, 1.82) is 0 Å². The predicted octanol–water partition coefficient (Wildman–Crippen LogP) is 5.32. The molecule has 4 rings (SSSR count). The van der Waals surface area contributed by atoms with E-state index in [0.29, 0.717) is 11.1 Å². The van der Waals surface area contributed by atoms with Gasteiger partial charge >= 0.3 is 0 Å². The average molecular weight is 389 g/mol. The molecule has 3 aromatic carbocycles. The Hall–Kier alpha value is -3.12. The van der Waals surface area contributed by atoms with Crippen molar-refractivity contribution >= 4 is 34.1 Å². The third-order valence-corrected chi connectivity index (χ3v) is 5.27. The van der Waals surface area contributed by atoms with E-state index in [2.05, 4.69) is 15.5 Å². The van der Waals surface area contributed by atoms with Crippen LogP contribution < -0.4 is 5.32 Å². The van der Waals surface area contributed by atoms with Crippen LogP contribution in [0.15, 0.2) is 76.4 Å². The molecule has 1 N–H and O–H groups in total. The quantitative estimate of drug-likeness (QED) is 0.468. The molecule has 4 aromatic rings. The van der Waals surface area contributed by atoms with Crippen LogP contribution in [0, 0.1) is 6.92 Å². The Kier molecular flexibility index (Phi) is 5.12. The first-order valence-electron chi connectivity index (χ1n) is 8.95. The minimum absolute atomic E-state index is 0.115. The van der Waals surface area contributed by atoms with E-state index in [-0.39, 0.29) is 11.2 Å². The number of thioether (sulfide) groups is 1. The minimum atomic E-state index is -0.378. The third kappa shape index (κ3) is 4.07. The number of nitrogens with zero attached hydrogens (tertiary/aromatic N) is 2. The summed E-state index contributed by atoms with van der Waals surface area (Å²) in [5.41, 5.74) is 2.75. The Morgan fingerprint density at radius 3 is 2.64 bits per heavy atom. The van der Waals surface area contributed by atoms with Gasteiger partial charge in [0.15, 0.2) is 0 Å². The number of nitrogens with one attached hydrogen (secondary N) is 1. The number of carbonyl (C=O) groups excluding carboxylic acids is 1. The minimum Gasteiger partial charge on any atom is -0.411 e. The Labute approximate surface area is 167 Å². The zero-order valence-electron chi connectivity index (χ0n) is 15.5. The molecule has 6 heteroatoms. The molecule has 0 spiro atoms. The van der Waals surface area contributed by atoms with Gasteiger partial charge in [0.05, 0.1) is 5.25 Å². The molecule has 1 amide bonds. The van der Waals surface area contributed by atoms with Crippen LogP contribution in [-0.4, -0.2) is 21.4 Å². The van der Waals surface area contributed by atoms with Crippen molar-refractivity contribution in [1.82, 2.24) is 10.2 Å². The highest BCUT2D eigenvalue weighted by atomic mass is 32.2. The lowest BCUT2D eigenvalue weighted by molar-refractivity contribution is -0.115. The molecular formula is C22H19N3O2S. The van der Waals surface area contributed by atoms with Crippen molar-refractivity contribution in [3.05, 3.63) is 72.3 Å². The molecule has 0 unspecified atom stereocenters. The van der Waals surface area contributed by atoms with Crippen LogP contribution in [-0.2, 0) is 4.79 Å². The van der Waals surface area contributed by atoms with Crippen LogP contribution >= 0.6 is 11.8 Å². The number of rotatable bonds is 5. The number of carbonyl (C=O) groups is 1. The molecule has 0 radical (unpaired) electrons. The zero-order valence-corrected chi connectivity index (χ0v) is 16.4. The summed E-state index contributed by atoms with van der Waals surface area (Å²) < 4.78 is 5.71. The van der Waals surface area contributed by atoms with Crippen molar-refractivity contribution in [3.8, 4) is 11.5 Å². The maximum atomic E-state index is 12.6. The zero-order chi connectivity index (χ0) is 19.5. The van der Waals surface area contributed by atoms with Crippen molar-refractivity contribution < 1.29 is 9.21 Å². The van der Waals surface area contributed by atoms with E-state index >= 15 is 0 Å². The number of aromatic nitrogens is 2. The number of benzene rings is 3. The summed E-state index contributed by atoms with van der Waals surface area (Å²) in [5.74, 6) is 0.337. The number of hydrogen-bond acceptors (Lipinski definition) is 5. The van der Waals surface area contributed by atoms with Gasteiger partial charge in [0.2, 0.25) is 11.8 Å². The van der Waals surface area contributed by atoms with E-state index in [1.807, 2.05) is 80.6 Å². The molecule has 0 bridgehead atoms. The van der Waals surface area contributed by atoms with Gasteiger partial charge in [-0.15, -0.1) is 10.2 Å². The summed E-state index contributed by atoms with van der Waals surface area (Å²) in [5, 5.41) is 13.3. The second-order valence-corrected chi connectivity index (χ2v) is 7.85. The fourth-order valence-electron chi connectivity index (χ4n) is 2.87. The number of anilines is 1. The van der Waals surface area contributed by atoms with Gasteiger partial charge < -0.3 is 9.73 Å². The fourth-order valence-corrected chi connectivity index (χ4v) is 3.55. The molecule has 0 fully saturated rings. The summed E-state index contributed by atoms with van der Waals surface area (Å²) in [4.78, 5) is 12.6. The van der Waals surface area contributed by atoms with E-state index < -0.39 is 0 Å². The largest absolute Gasteiger partial charge is 0.411 e. The van der Waals surface area contributed by atoms with Crippen LogP contribution in [0.2, 0.25) is 0 Å². The Bertz CT molecular complexity index is 1140. The fraction of sp³-hybridized carbons (Fsp3) is 0.136. The molecule has 140 valence electrons. The summed E-state index contributed by atoms with van der Waals surface area (Å²) in [7, 11) is 0. The lowest BCUT2D eigenvalue weighted by atomic mass is 10.1. The maximum Gasteiger partial charge on any atom is 0.277 e. The van der Waals surface area contributed by atoms with Crippen molar-refractivity contribution in [2.24, 2.45) is 0 Å². The van der Waals surface area contributed by atoms with E-state index in [1.165, 1.54) is 11.8 Å². The number of aryl methyl sites for hydroxylation is 1. The standard InChI is InChI=1S/C22H19N3O2S/c1-14-6-5-9-18(12-14)21-24-25-22(27-21)28-15(2)20(26)23-19-11-10-16-7-3-4-8-17(16)13-19/h3-13,15H,1-2H3,(H,23,26)/t15-/m0/s1. The second-order valence-electron chi connectivity index (χ2n) is 6.55. The van der Waals surface area contributed by atoms with Gasteiger partial charge in [-0.05, 0) is 48.9 Å². The van der Waals surface area contributed by atoms with Gasteiger partial charge in [0.25, 0.3) is 5.22 Å². The number of amides is 1. The molecule has 0 aliphatic carbocycles. The summed E-state index contributed by atoms with van der Waals surface area (Å²) in [6.45, 7) is 3.83. The van der Waals surface area contributed by atoms with Crippen LogP contribution in [0.25, 0.3) is 22.2 Å². The van der Waals surface area contributed by atoms with Gasteiger partial charge in [-0.3, -0.25) is 4.79 Å². The molecule has 28 heavy (non-hydrogen) atoms. The molecule has 0 saturated heterocycles. The highest BCUT2D eigenvalue weighted by Crippen LogP contribution is 2.27. The van der Waals surface area contributed by atoms with Crippen LogP contribution in [0.3, 0.4) is 0 Å². The van der Waals surface area contributed by atoms with E-state index in [0.717, 1.165) is 27.6 Å². The van der Waals surface area contributed by atoms with E-state index in [4.69, 9.17) is 4.42 Å². The normalized spacial score (nSPS) is 12.1. The average Bonchev–Trinajstić information content (AvgIpc) is 3.16. The lowest BCUT2D eigenvalue weighted by Crippen LogP contribution is -2.22. The number of hydrogen-bond donors (Lipinski definition) is 1. The third-order valence-electron chi connectivity index (χ3n) is 4.34. The van der Waals surface area contributed by atoms with Gasteiger partial charge in [0, 0.05) is 11.3 Å². The molecule has 0 aliphatic rings. The Morgan fingerprint density at radius 2 is 1.82 bits per heavy atom. The van der Waals surface area contributed by atoms with Crippen molar-refractivity contribution in [3.63, 3.8) is 0 Å². The Morgan fingerprint density at radius 1 is 1.00 bits per heavy atom. The molecule has 5 nitrogen and oxygen atoms in total. The van der Waals surface area contributed by atoms with Crippen molar-refractivity contribution in [2.45, 2.75) is 24.3 Å². The lowest BCUT2D eigenvalue weighted by Gasteiger charge is -2.10. The van der Waals surface area contributed by atoms with E-state index in [9.17, 15) is 4.79 Å². The highest BCUT2D eigenvalue weighted by Gasteiger charge is 2.19. The summed E-state index contributed by atoms with van der Waals surface area (Å²) in [6.07, 6.45) is 0. The topological polar surface area (TPSA) is 68.0 Å². The van der Waals surface area contributed by atoms with E-state index in [1.54, 1.807) is 0 Å². The van der Waals surface area contributed by atoms with Crippen molar-refractivity contribution in [2.75, 3.05) is 5.32 Å². The van der Waals surface area contributed by atoms with Gasteiger partial charge in [-0.25, -0.2) is 0 Å². The maximum absolute atomic E-state index is 12.6. The smallest absolute Gasteiger partial charge is 0.277 e. The molecule has 1 atom stereocenters. The van der Waals surface area contributed by atoms with Gasteiger partial charge in [-0.1, -0.05) is 59.8 Å². The molecule has 0 saturated carbocycles. The number of fused-ring (bicyclic) bond motifs is 1. The SMILES string of the molecule is Cc1cccc(-c2nnc(S[C@@H](C)C(=O)Nc3ccc4ccccc4c3)o2)c1. The van der Waals surface area contributed by atoms with Crippen LogP contribution in [0.4, 0.5) is 5.69 Å².